The van der Waals surface area contributed by atoms with Crippen LogP contribution in [0.5, 0.6) is 0 Å². The highest BCUT2D eigenvalue weighted by Crippen LogP contribution is 2.19. The third-order valence-corrected chi connectivity index (χ3v) is 2.84. The molecule has 84 valence electrons. The van der Waals surface area contributed by atoms with Gasteiger partial charge in [-0.2, -0.15) is 5.10 Å². The van der Waals surface area contributed by atoms with Crippen molar-refractivity contribution in [3.8, 4) is 0 Å². The van der Waals surface area contributed by atoms with E-state index in [0.717, 1.165) is 17.8 Å². The maximum atomic E-state index is 11.3. The van der Waals surface area contributed by atoms with Gasteiger partial charge < -0.3 is 5.73 Å². The van der Waals surface area contributed by atoms with Crippen molar-refractivity contribution < 1.29 is 4.79 Å². The van der Waals surface area contributed by atoms with Crippen molar-refractivity contribution in [3.63, 3.8) is 0 Å². The zero-order chi connectivity index (χ0) is 11.6. The second-order valence-electron chi connectivity index (χ2n) is 3.77. The number of aromatic nitrogens is 2. The number of hydrogen-bond acceptors (Lipinski definition) is 2. The molecular formula is C11H19N3O. The molecule has 0 saturated carbocycles. The van der Waals surface area contributed by atoms with Crippen molar-refractivity contribution in [2.24, 2.45) is 5.73 Å². The summed E-state index contributed by atoms with van der Waals surface area (Å²) in [4.78, 5) is 11.3. The Balaban J connectivity index is 3.19. The van der Waals surface area contributed by atoms with Crippen molar-refractivity contribution >= 4 is 5.91 Å². The van der Waals surface area contributed by atoms with Crippen LogP contribution in [-0.2, 0) is 11.2 Å². The van der Waals surface area contributed by atoms with Gasteiger partial charge >= 0.3 is 0 Å². The highest BCUT2D eigenvalue weighted by Gasteiger charge is 2.20. The van der Waals surface area contributed by atoms with Crippen LogP contribution >= 0.6 is 0 Å². The molecule has 1 atom stereocenters. The van der Waals surface area contributed by atoms with Gasteiger partial charge in [0.25, 0.3) is 0 Å². The molecule has 1 unspecified atom stereocenters. The van der Waals surface area contributed by atoms with Gasteiger partial charge in [-0.1, -0.05) is 13.8 Å². The van der Waals surface area contributed by atoms with Gasteiger partial charge in [0, 0.05) is 5.69 Å². The summed E-state index contributed by atoms with van der Waals surface area (Å²) < 4.78 is 1.76. The number of carbonyl (C=O) groups is 1. The highest BCUT2D eigenvalue weighted by molar-refractivity contribution is 5.78. The molecule has 1 amide bonds. The van der Waals surface area contributed by atoms with Crippen LogP contribution < -0.4 is 5.73 Å². The first-order valence-electron chi connectivity index (χ1n) is 5.36. The maximum absolute atomic E-state index is 11.3. The Labute approximate surface area is 90.5 Å². The summed E-state index contributed by atoms with van der Waals surface area (Å²) in [5.41, 5.74) is 8.62. The van der Waals surface area contributed by atoms with Crippen LogP contribution in [0, 0.1) is 13.8 Å². The lowest BCUT2D eigenvalue weighted by atomic mass is 10.1. The lowest BCUT2D eigenvalue weighted by Crippen LogP contribution is -2.27. The summed E-state index contributed by atoms with van der Waals surface area (Å²) in [6.45, 7) is 7.99. The third kappa shape index (κ3) is 2.03. The first-order valence-corrected chi connectivity index (χ1v) is 5.36. The Hall–Kier alpha value is -1.32. The molecular weight excluding hydrogens is 190 g/mol. The molecule has 0 aliphatic rings. The second-order valence-corrected chi connectivity index (χ2v) is 3.77. The molecule has 1 aromatic heterocycles. The van der Waals surface area contributed by atoms with E-state index in [1.807, 2.05) is 20.8 Å². The zero-order valence-corrected chi connectivity index (χ0v) is 9.87. The van der Waals surface area contributed by atoms with Gasteiger partial charge in [-0.3, -0.25) is 9.48 Å². The van der Waals surface area contributed by atoms with Crippen LogP contribution in [-0.4, -0.2) is 15.7 Å². The van der Waals surface area contributed by atoms with Crippen molar-refractivity contribution in [3.05, 3.63) is 17.0 Å². The largest absolute Gasteiger partial charge is 0.368 e. The van der Waals surface area contributed by atoms with Gasteiger partial charge in [0.05, 0.1) is 5.69 Å². The first-order chi connectivity index (χ1) is 7.02. The molecule has 15 heavy (non-hydrogen) atoms. The quantitative estimate of drug-likeness (QED) is 0.816. The Morgan fingerprint density at radius 2 is 2.07 bits per heavy atom. The minimum atomic E-state index is -0.316. The number of hydrogen-bond donors (Lipinski definition) is 1. The standard InChI is InChI=1S/C11H19N3O/c1-5-9-7(3)13-14(8(9)4)10(6-2)11(12)15/h10H,5-6H2,1-4H3,(H2,12,15). The Morgan fingerprint density at radius 1 is 1.47 bits per heavy atom. The van der Waals surface area contributed by atoms with E-state index in [4.69, 9.17) is 5.73 Å². The molecule has 0 aliphatic heterocycles. The van der Waals surface area contributed by atoms with E-state index < -0.39 is 0 Å². The molecule has 0 aromatic carbocycles. The molecule has 4 heteroatoms. The van der Waals surface area contributed by atoms with Crippen LogP contribution in [0.2, 0.25) is 0 Å². The predicted molar refractivity (Wildman–Crippen MR) is 59.6 cm³/mol. The van der Waals surface area contributed by atoms with Gasteiger partial charge in [0.1, 0.15) is 6.04 Å². The first kappa shape index (κ1) is 11.8. The minimum Gasteiger partial charge on any atom is -0.368 e. The third-order valence-electron chi connectivity index (χ3n) is 2.84. The van der Waals surface area contributed by atoms with Crippen LogP contribution in [0.3, 0.4) is 0 Å². The average Bonchev–Trinajstić information content (AvgIpc) is 2.43. The topological polar surface area (TPSA) is 60.9 Å². The van der Waals surface area contributed by atoms with E-state index in [2.05, 4.69) is 12.0 Å². The lowest BCUT2D eigenvalue weighted by molar-refractivity contribution is -0.121. The fourth-order valence-electron chi connectivity index (χ4n) is 2.01. The van der Waals surface area contributed by atoms with E-state index >= 15 is 0 Å². The normalized spacial score (nSPS) is 12.8. The molecule has 0 radical (unpaired) electrons. The van der Waals surface area contributed by atoms with Crippen molar-refractivity contribution in [2.75, 3.05) is 0 Å². The number of aryl methyl sites for hydroxylation is 1. The number of nitrogens with two attached hydrogens (primary N) is 1. The summed E-state index contributed by atoms with van der Waals surface area (Å²) in [6, 6.07) is -0.316. The summed E-state index contributed by atoms with van der Waals surface area (Å²) in [6.07, 6.45) is 1.62. The molecule has 0 spiro atoms. The van der Waals surface area contributed by atoms with E-state index in [9.17, 15) is 4.79 Å². The summed E-state index contributed by atoms with van der Waals surface area (Å²) in [5.74, 6) is -0.314. The lowest BCUT2D eigenvalue weighted by Gasteiger charge is -2.13. The summed E-state index contributed by atoms with van der Waals surface area (Å²) in [7, 11) is 0. The van der Waals surface area contributed by atoms with Crippen LogP contribution in [0.4, 0.5) is 0 Å². The monoisotopic (exact) mass is 209 g/mol. The van der Waals surface area contributed by atoms with E-state index in [1.165, 1.54) is 5.56 Å². The smallest absolute Gasteiger partial charge is 0.242 e. The van der Waals surface area contributed by atoms with Gasteiger partial charge in [0.2, 0.25) is 5.91 Å². The maximum Gasteiger partial charge on any atom is 0.242 e. The molecule has 0 fully saturated rings. The van der Waals surface area contributed by atoms with Gasteiger partial charge in [-0.05, 0) is 32.3 Å². The van der Waals surface area contributed by atoms with Crippen molar-refractivity contribution in [1.29, 1.82) is 0 Å². The van der Waals surface area contributed by atoms with Crippen LogP contribution in [0.1, 0.15) is 43.3 Å². The molecule has 1 heterocycles. The Bertz CT molecular complexity index is 368. The SMILES string of the molecule is CCc1c(C)nn(C(CC)C(N)=O)c1C. The van der Waals surface area contributed by atoms with Crippen molar-refractivity contribution in [2.45, 2.75) is 46.6 Å². The molecule has 1 aromatic rings. The number of amides is 1. The average molecular weight is 209 g/mol. The van der Waals surface area contributed by atoms with Gasteiger partial charge in [0.15, 0.2) is 0 Å². The number of primary amides is 1. The fourth-order valence-corrected chi connectivity index (χ4v) is 2.01. The second kappa shape index (κ2) is 4.47. The van der Waals surface area contributed by atoms with Crippen LogP contribution in [0.25, 0.3) is 0 Å². The molecule has 1 rings (SSSR count). The number of nitrogens with zero attached hydrogens (tertiary/aromatic N) is 2. The fraction of sp³-hybridized carbons (Fsp3) is 0.636. The Kier molecular flexibility index (Phi) is 3.50. The number of carbonyl (C=O) groups excluding carboxylic acids is 1. The molecule has 4 nitrogen and oxygen atoms in total. The van der Waals surface area contributed by atoms with E-state index in [1.54, 1.807) is 4.68 Å². The predicted octanol–water partition coefficient (Wildman–Crippen LogP) is 1.50. The minimum absolute atomic E-state index is 0.314. The molecule has 0 aliphatic carbocycles. The molecule has 2 N–H and O–H groups in total. The highest BCUT2D eigenvalue weighted by atomic mass is 16.1. The summed E-state index contributed by atoms with van der Waals surface area (Å²) >= 11 is 0. The van der Waals surface area contributed by atoms with E-state index in [-0.39, 0.29) is 11.9 Å². The van der Waals surface area contributed by atoms with E-state index in [0.29, 0.717) is 6.42 Å². The Morgan fingerprint density at radius 3 is 2.40 bits per heavy atom. The number of rotatable bonds is 4. The van der Waals surface area contributed by atoms with Crippen molar-refractivity contribution in [1.82, 2.24) is 9.78 Å². The van der Waals surface area contributed by atoms with Gasteiger partial charge in [-0.15, -0.1) is 0 Å². The zero-order valence-electron chi connectivity index (χ0n) is 9.87. The molecule has 0 saturated heterocycles. The van der Waals surface area contributed by atoms with Crippen LogP contribution in [0.15, 0.2) is 0 Å². The molecule has 0 bridgehead atoms. The summed E-state index contributed by atoms with van der Waals surface area (Å²) in [5, 5.41) is 4.39. The van der Waals surface area contributed by atoms with Gasteiger partial charge in [-0.25, -0.2) is 0 Å².